The number of carboxylic acid groups (broad SMARTS) is 1. The summed E-state index contributed by atoms with van der Waals surface area (Å²) in [6.45, 7) is 0.764. The van der Waals surface area contributed by atoms with E-state index < -0.39 is 23.0 Å². The second kappa shape index (κ2) is 21.5. The molecule has 6 amide bonds. The topological polar surface area (TPSA) is 208 Å². The maximum atomic E-state index is 12.4. The van der Waals surface area contributed by atoms with Crippen LogP contribution in [0.4, 0.5) is 0 Å². The zero-order valence-corrected chi connectivity index (χ0v) is 25.5. The SMILES string of the molecule is CC(=O)CCCN1C(=O)CC(SCCCC(=O)NCC(=O)NCC(=O)NCC(=O)NCSCCCCCC(=O)O)C1=O. The predicted octanol–water partition coefficient (Wildman–Crippen LogP) is -0.203. The number of ketones is 1. The Bertz CT molecular complexity index is 980. The predicted molar refractivity (Wildman–Crippen MR) is 157 cm³/mol. The van der Waals surface area contributed by atoms with Crippen LogP contribution in [0.25, 0.3) is 0 Å². The summed E-state index contributed by atoms with van der Waals surface area (Å²) in [6, 6.07) is 0. The fraction of sp³-hybridized carbons (Fsp3) is 0.692. The van der Waals surface area contributed by atoms with Gasteiger partial charge >= 0.3 is 5.97 Å². The molecule has 1 heterocycles. The molecule has 1 aliphatic rings. The van der Waals surface area contributed by atoms with Crippen molar-refractivity contribution in [2.45, 2.75) is 70.0 Å². The molecule has 0 aromatic rings. The van der Waals surface area contributed by atoms with E-state index in [0.717, 1.165) is 18.6 Å². The van der Waals surface area contributed by atoms with Gasteiger partial charge in [0.1, 0.15) is 5.78 Å². The molecule has 0 aromatic carbocycles. The van der Waals surface area contributed by atoms with E-state index in [-0.39, 0.29) is 74.9 Å². The summed E-state index contributed by atoms with van der Waals surface area (Å²) in [5, 5.41) is 17.9. The van der Waals surface area contributed by atoms with E-state index in [1.54, 1.807) is 0 Å². The van der Waals surface area contributed by atoms with E-state index in [0.29, 0.717) is 37.3 Å². The third-order valence-electron chi connectivity index (χ3n) is 5.87. The Labute approximate surface area is 253 Å². The normalized spacial score (nSPS) is 14.4. The summed E-state index contributed by atoms with van der Waals surface area (Å²) in [5.41, 5.74) is 0. The first kappa shape index (κ1) is 36.9. The molecule has 236 valence electrons. The van der Waals surface area contributed by atoms with E-state index >= 15 is 0 Å². The molecule has 1 rings (SSSR count). The molecule has 0 saturated carbocycles. The van der Waals surface area contributed by atoms with Gasteiger partial charge in [-0.1, -0.05) is 6.42 Å². The molecule has 14 nitrogen and oxygen atoms in total. The molecule has 0 spiro atoms. The van der Waals surface area contributed by atoms with Crippen LogP contribution in [0, 0.1) is 0 Å². The van der Waals surface area contributed by atoms with Gasteiger partial charge in [-0.15, -0.1) is 23.5 Å². The first-order chi connectivity index (χ1) is 20.0. The van der Waals surface area contributed by atoms with Crippen LogP contribution < -0.4 is 21.3 Å². The van der Waals surface area contributed by atoms with Gasteiger partial charge in [0, 0.05) is 32.2 Å². The molecule has 16 heteroatoms. The van der Waals surface area contributed by atoms with Crippen molar-refractivity contribution in [1.82, 2.24) is 26.2 Å². The van der Waals surface area contributed by atoms with Crippen molar-refractivity contribution < 1.29 is 43.5 Å². The molecule has 5 N–H and O–H groups in total. The highest BCUT2D eigenvalue weighted by Gasteiger charge is 2.38. The van der Waals surface area contributed by atoms with Gasteiger partial charge in [-0.05, 0) is 44.1 Å². The van der Waals surface area contributed by atoms with E-state index in [1.165, 1.54) is 35.3 Å². The summed E-state index contributed by atoms with van der Waals surface area (Å²) in [4.78, 5) is 94.6. The summed E-state index contributed by atoms with van der Waals surface area (Å²) in [6.07, 6.45) is 3.85. The number of aliphatic carboxylic acids is 1. The van der Waals surface area contributed by atoms with Crippen LogP contribution in [-0.2, 0) is 38.4 Å². The number of Topliss-reactive ketones (excluding diaryl/α,β-unsaturated/α-hetero) is 1. The lowest BCUT2D eigenvalue weighted by Crippen LogP contribution is -2.44. The highest BCUT2D eigenvalue weighted by atomic mass is 32.2. The number of carbonyl (C=O) groups is 8. The van der Waals surface area contributed by atoms with Crippen LogP contribution in [0.1, 0.15) is 64.7 Å². The molecule has 1 fully saturated rings. The van der Waals surface area contributed by atoms with Gasteiger partial charge in [-0.2, -0.15) is 0 Å². The average molecular weight is 632 g/mol. The number of carbonyl (C=O) groups excluding carboxylic acids is 7. The zero-order chi connectivity index (χ0) is 31.3. The smallest absolute Gasteiger partial charge is 0.303 e. The number of carboxylic acids is 1. The summed E-state index contributed by atoms with van der Waals surface area (Å²) < 4.78 is 0. The summed E-state index contributed by atoms with van der Waals surface area (Å²) >= 11 is 2.79. The van der Waals surface area contributed by atoms with Gasteiger partial charge in [0.2, 0.25) is 35.4 Å². The minimum absolute atomic E-state index is 0.00485. The van der Waals surface area contributed by atoms with Crippen molar-refractivity contribution in [3.63, 3.8) is 0 Å². The molecule has 0 aromatic heterocycles. The first-order valence-corrected chi connectivity index (χ1v) is 16.0. The van der Waals surface area contributed by atoms with Crippen molar-refractivity contribution in [3.05, 3.63) is 0 Å². The third kappa shape index (κ3) is 17.6. The van der Waals surface area contributed by atoms with Crippen molar-refractivity contribution in [1.29, 1.82) is 0 Å². The van der Waals surface area contributed by atoms with Crippen LogP contribution in [-0.4, -0.2) is 106 Å². The Hall–Kier alpha value is -3.14. The lowest BCUT2D eigenvalue weighted by atomic mass is 10.2. The number of amides is 6. The fourth-order valence-corrected chi connectivity index (χ4v) is 5.58. The van der Waals surface area contributed by atoms with Crippen LogP contribution >= 0.6 is 23.5 Å². The van der Waals surface area contributed by atoms with Gasteiger partial charge < -0.3 is 31.2 Å². The fourth-order valence-electron chi connectivity index (χ4n) is 3.64. The summed E-state index contributed by atoms with van der Waals surface area (Å²) in [5.74, 6) is -1.60. The molecule has 0 bridgehead atoms. The minimum Gasteiger partial charge on any atom is -0.481 e. The number of hydrogen-bond donors (Lipinski definition) is 5. The Morgan fingerprint density at radius 1 is 0.762 bits per heavy atom. The summed E-state index contributed by atoms with van der Waals surface area (Å²) in [7, 11) is 0. The van der Waals surface area contributed by atoms with Crippen LogP contribution in [0.5, 0.6) is 0 Å². The van der Waals surface area contributed by atoms with E-state index in [4.69, 9.17) is 5.11 Å². The molecular formula is C26H41N5O9S2. The highest BCUT2D eigenvalue weighted by molar-refractivity contribution is 8.00. The van der Waals surface area contributed by atoms with Gasteiger partial charge in [-0.3, -0.25) is 38.5 Å². The van der Waals surface area contributed by atoms with E-state index in [1.807, 2.05) is 0 Å². The lowest BCUT2D eigenvalue weighted by molar-refractivity contribution is -0.139. The Kier molecular flexibility index (Phi) is 18.9. The second-order valence-corrected chi connectivity index (χ2v) is 12.0. The minimum atomic E-state index is -0.811. The number of nitrogens with zero attached hydrogens (tertiary/aromatic N) is 1. The van der Waals surface area contributed by atoms with Crippen molar-refractivity contribution in [2.75, 3.05) is 43.6 Å². The van der Waals surface area contributed by atoms with Crippen molar-refractivity contribution in [3.8, 4) is 0 Å². The van der Waals surface area contributed by atoms with Crippen LogP contribution in [0.15, 0.2) is 0 Å². The number of unbranched alkanes of at least 4 members (excludes halogenated alkanes) is 2. The molecule has 42 heavy (non-hydrogen) atoms. The van der Waals surface area contributed by atoms with Gasteiger partial charge in [0.15, 0.2) is 0 Å². The van der Waals surface area contributed by atoms with Gasteiger partial charge in [-0.25, -0.2) is 0 Å². The second-order valence-electron chi connectivity index (χ2n) is 9.54. The lowest BCUT2D eigenvalue weighted by Gasteiger charge is -2.14. The number of thioether (sulfide) groups is 2. The average Bonchev–Trinajstić information content (AvgIpc) is 3.20. The van der Waals surface area contributed by atoms with Crippen molar-refractivity contribution in [2.24, 2.45) is 0 Å². The quantitative estimate of drug-likeness (QED) is 0.0567. The monoisotopic (exact) mass is 631 g/mol. The molecule has 1 saturated heterocycles. The number of nitrogens with one attached hydrogen (secondary N) is 4. The number of imide groups is 1. The van der Waals surface area contributed by atoms with E-state index in [9.17, 15) is 38.4 Å². The largest absolute Gasteiger partial charge is 0.481 e. The zero-order valence-electron chi connectivity index (χ0n) is 23.9. The van der Waals surface area contributed by atoms with Gasteiger partial charge in [0.25, 0.3) is 0 Å². The Morgan fingerprint density at radius 2 is 1.38 bits per heavy atom. The first-order valence-electron chi connectivity index (χ1n) is 13.8. The number of rotatable bonds is 23. The van der Waals surface area contributed by atoms with Gasteiger partial charge in [0.05, 0.1) is 30.8 Å². The van der Waals surface area contributed by atoms with Crippen LogP contribution in [0.3, 0.4) is 0 Å². The maximum absolute atomic E-state index is 12.4. The molecule has 1 unspecified atom stereocenters. The molecule has 1 aliphatic heterocycles. The Morgan fingerprint density at radius 3 is 2.00 bits per heavy atom. The molecule has 0 aliphatic carbocycles. The third-order valence-corrected chi connectivity index (χ3v) is 8.09. The Balaban J connectivity index is 2.06. The van der Waals surface area contributed by atoms with E-state index in [2.05, 4.69) is 21.3 Å². The number of hydrogen-bond acceptors (Lipinski definition) is 10. The van der Waals surface area contributed by atoms with Crippen LogP contribution in [0.2, 0.25) is 0 Å². The standard InChI is InChI=1S/C26H41N5O9S2/c1-18(32)7-5-10-31-24(37)13-19(26(31)40)42-12-6-8-20(33)27-14-21(34)28-15-22(35)29-16-23(36)30-17-41-11-4-2-3-9-25(38)39/h19H,2-17H2,1H3,(H,27,33)(H,28,34)(H,29,35)(H,30,36)(H,38,39). The molecular weight excluding hydrogens is 590 g/mol. The number of likely N-dealkylation sites (tertiary alicyclic amines) is 1. The molecule has 1 atom stereocenters. The highest BCUT2D eigenvalue weighted by Crippen LogP contribution is 2.26. The molecule has 0 radical (unpaired) electrons. The van der Waals surface area contributed by atoms with Crippen molar-refractivity contribution >= 4 is 70.7 Å². The maximum Gasteiger partial charge on any atom is 0.303 e.